The molecule has 4 rings (SSSR count). The molecule has 1 N–H and O–H groups in total. The minimum atomic E-state index is -0.316. The number of aromatic nitrogens is 3. The van der Waals surface area contributed by atoms with E-state index >= 15 is 0 Å². The molecule has 0 atom stereocenters. The lowest BCUT2D eigenvalue weighted by Gasteiger charge is -2.08. The van der Waals surface area contributed by atoms with E-state index in [4.69, 9.17) is 16.6 Å². The molecule has 1 amide bonds. The fourth-order valence-electron chi connectivity index (χ4n) is 3.15. The topological polar surface area (TPSA) is 72.2 Å². The highest BCUT2D eigenvalue weighted by Crippen LogP contribution is 2.27. The normalized spacial score (nSPS) is 11.8. The van der Waals surface area contributed by atoms with Crippen molar-refractivity contribution in [2.75, 3.05) is 0 Å². The van der Waals surface area contributed by atoms with Crippen LogP contribution in [-0.2, 0) is 7.05 Å². The van der Waals surface area contributed by atoms with Gasteiger partial charge in [0, 0.05) is 27.5 Å². The Labute approximate surface area is 190 Å². The summed E-state index contributed by atoms with van der Waals surface area (Å²) in [6.45, 7) is 3.72. The van der Waals surface area contributed by atoms with Gasteiger partial charge in [0.15, 0.2) is 5.65 Å². The van der Waals surface area contributed by atoms with Crippen molar-refractivity contribution < 1.29 is 4.79 Å². The zero-order chi connectivity index (χ0) is 21.4. The van der Waals surface area contributed by atoms with E-state index in [1.807, 2.05) is 44.5 Å². The van der Waals surface area contributed by atoms with Crippen molar-refractivity contribution in [3.63, 3.8) is 0 Å². The fraction of sp³-hybridized carbons (Fsp3) is 0.143. The second kappa shape index (κ2) is 8.29. The number of amides is 1. The van der Waals surface area contributed by atoms with Crippen LogP contribution in [-0.4, -0.2) is 26.4 Å². The summed E-state index contributed by atoms with van der Waals surface area (Å²) in [7, 11) is 1.81. The van der Waals surface area contributed by atoms with Gasteiger partial charge in [-0.2, -0.15) is 10.2 Å². The van der Waals surface area contributed by atoms with E-state index in [-0.39, 0.29) is 5.91 Å². The van der Waals surface area contributed by atoms with Crippen molar-refractivity contribution in [2.45, 2.75) is 13.8 Å². The molecule has 0 unspecified atom stereocenters. The number of hydrogen-bond acceptors (Lipinski definition) is 5. The van der Waals surface area contributed by atoms with E-state index in [2.05, 4.69) is 31.6 Å². The smallest absolute Gasteiger partial charge is 0.267 e. The predicted molar refractivity (Wildman–Crippen MR) is 125 cm³/mol. The Kier molecular flexibility index (Phi) is 5.73. The molecule has 0 fully saturated rings. The lowest BCUT2D eigenvalue weighted by atomic mass is 10.1. The number of hydrazone groups is 1. The second-order valence-electron chi connectivity index (χ2n) is 6.74. The van der Waals surface area contributed by atoms with Crippen LogP contribution in [0.15, 0.2) is 51.4 Å². The Hall–Kier alpha value is -2.55. The van der Waals surface area contributed by atoms with Crippen LogP contribution in [0.25, 0.3) is 22.3 Å². The minimum absolute atomic E-state index is 0.316. The summed E-state index contributed by atoms with van der Waals surface area (Å²) in [4.78, 5) is 18.8. The first kappa shape index (κ1) is 20.7. The molecule has 4 aromatic rings. The van der Waals surface area contributed by atoms with Crippen LogP contribution in [0, 0.1) is 6.92 Å². The molecule has 0 spiro atoms. The average molecular weight is 503 g/mol. The van der Waals surface area contributed by atoms with Crippen LogP contribution < -0.4 is 5.43 Å². The molecular formula is C21H17BrClN5OS. The summed E-state index contributed by atoms with van der Waals surface area (Å²) in [6.07, 6.45) is 0. The summed E-state index contributed by atoms with van der Waals surface area (Å²) in [5, 5.41) is 12.0. The number of aryl methyl sites for hydroxylation is 2. The lowest BCUT2D eigenvalue weighted by Crippen LogP contribution is -2.20. The Morgan fingerprint density at radius 1 is 1.27 bits per heavy atom. The highest BCUT2D eigenvalue weighted by atomic mass is 79.9. The minimum Gasteiger partial charge on any atom is -0.267 e. The van der Waals surface area contributed by atoms with Gasteiger partial charge in [0.2, 0.25) is 0 Å². The molecule has 3 aromatic heterocycles. The maximum absolute atomic E-state index is 13.1. The standard InChI is InChI=1S/C21H17BrClN5OS/c1-11(18-8-14(22)10-30-18)25-26-21(29)16-9-17(13-4-6-15(23)7-5-13)24-20-19(16)12(2)27-28(20)3/h4-10H,1-3H3,(H,26,29)/b25-11-. The van der Waals surface area contributed by atoms with Gasteiger partial charge in [-0.25, -0.2) is 10.4 Å². The Bertz CT molecular complexity index is 1290. The van der Waals surface area contributed by atoms with Gasteiger partial charge in [0.1, 0.15) is 0 Å². The van der Waals surface area contributed by atoms with Gasteiger partial charge >= 0.3 is 0 Å². The number of fused-ring (bicyclic) bond motifs is 1. The van der Waals surface area contributed by atoms with E-state index in [0.717, 1.165) is 26.3 Å². The van der Waals surface area contributed by atoms with Crippen molar-refractivity contribution >= 4 is 61.5 Å². The van der Waals surface area contributed by atoms with Crippen LogP contribution in [0.4, 0.5) is 0 Å². The van der Waals surface area contributed by atoms with Gasteiger partial charge in [-0.15, -0.1) is 11.3 Å². The second-order valence-corrected chi connectivity index (χ2v) is 9.00. The van der Waals surface area contributed by atoms with Crippen LogP contribution in [0.1, 0.15) is 27.9 Å². The molecule has 152 valence electrons. The number of benzene rings is 1. The Balaban J connectivity index is 1.76. The molecule has 0 aliphatic carbocycles. The lowest BCUT2D eigenvalue weighted by molar-refractivity contribution is 0.0956. The molecule has 0 saturated carbocycles. The highest BCUT2D eigenvalue weighted by Gasteiger charge is 2.19. The zero-order valence-corrected chi connectivity index (χ0v) is 19.6. The number of pyridine rings is 1. The molecule has 0 radical (unpaired) electrons. The molecule has 0 aliphatic rings. The number of carbonyl (C=O) groups is 1. The van der Waals surface area contributed by atoms with Crippen LogP contribution >= 0.6 is 38.9 Å². The van der Waals surface area contributed by atoms with Crippen LogP contribution in [0.5, 0.6) is 0 Å². The first-order valence-corrected chi connectivity index (χ1v) is 11.1. The van der Waals surface area contributed by atoms with Crippen molar-refractivity contribution in [3.05, 3.63) is 67.4 Å². The number of nitrogens with zero attached hydrogens (tertiary/aromatic N) is 4. The van der Waals surface area contributed by atoms with Gasteiger partial charge in [0.05, 0.1) is 32.9 Å². The molecule has 30 heavy (non-hydrogen) atoms. The van der Waals surface area contributed by atoms with E-state index < -0.39 is 0 Å². The highest BCUT2D eigenvalue weighted by molar-refractivity contribution is 9.10. The maximum atomic E-state index is 13.1. The third-order valence-corrected chi connectivity index (χ3v) is 6.65. The number of rotatable bonds is 4. The summed E-state index contributed by atoms with van der Waals surface area (Å²) < 4.78 is 2.66. The fourth-order valence-corrected chi connectivity index (χ4v) is 4.65. The van der Waals surface area contributed by atoms with E-state index in [1.54, 1.807) is 34.2 Å². The number of carbonyl (C=O) groups excluding carboxylic acids is 1. The average Bonchev–Trinajstić information content (AvgIpc) is 3.29. The molecule has 1 aromatic carbocycles. The van der Waals surface area contributed by atoms with Gasteiger partial charge in [0.25, 0.3) is 5.91 Å². The molecule has 6 nitrogen and oxygen atoms in total. The molecular weight excluding hydrogens is 486 g/mol. The Morgan fingerprint density at radius 3 is 2.67 bits per heavy atom. The van der Waals surface area contributed by atoms with E-state index in [9.17, 15) is 4.79 Å². The van der Waals surface area contributed by atoms with Crippen molar-refractivity contribution in [3.8, 4) is 11.3 Å². The number of hydrogen-bond donors (Lipinski definition) is 1. The molecule has 0 saturated heterocycles. The molecule has 9 heteroatoms. The third-order valence-electron chi connectivity index (χ3n) is 4.60. The number of nitrogens with one attached hydrogen (secondary N) is 1. The third kappa shape index (κ3) is 4.03. The van der Waals surface area contributed by atoms with Crippen molar-refractivity contribution in [2.24, 2.45) is 12.1 Å². The number of halogens is 2. The Morgan fingerprint density at radius 2 is 2.00 bits per heavy atom. The predicted octanol–water partition coefficient (Wildman–Crippen LogP) is 5.58. The SMILES string of the molecule is C/C(=N/NC(=O)c1cc(-c2ccc(Cl)cc2)nc2c1c(C)nn2C)c1cc(Br)cs1. The molecule has 3 heterocycles. The zero-order valence-electron chi connectivity index (χ0n) is 16.4. The first-order valence-electron chi connectivity index (χ1n) is 9.03. The largest absolute Gasteiger partial charge is 0.272 e. The number of thiophene rings is 1. The van der Waals surface area contributed by atoms with Gasteiger partial charge in [-0.3, -0.25) is 9.48 Å². The monoisotopic (exact) mass is 501 g/mol. The van der Waals surface area contributed by atoms with Gasteiger partial charge in [-0.05, 0) is 54.0 Å². The van der Waals surface area contributed by atoms with E-state index in [0.29, 0.717) is 27.3 Å². The van der Waals surface area contributed by atoms with Crippen LogP contribution in [0.3, 0.4) is 0 Å². The first-order chi connectivity index (χ1) is 14.3. The summed E-state index contributed by atoms with van der Waals surface area (Å²) >= 11 is 11.0. The maximum Gasteiger partial charge on any atom is 0.272 e. The van der Waals surface area contributed by atoms with Gasteiger partial charge < -0.3 is 0 Å². The summed E-state index contributed by atoms with van der Waals surface area (Å²) in [6, 6.07) is 11.1. The summed E-state index contributed by atoms with van der Waals surface area (Å²) in [5.41, 5.74) is 6.76. The van der Waals surface area contributed by atoms with Crippen molar-refractivity contribution in [1.29, 1.82) is 0 Å². The quantitative estimate of drug-likeness (QED) is 0.293. The molecule has 0 aliphatic heterocycles. The van der Waals surface area contributed by atoms with Crippen molar-refractivity contribution in [1.82, 2.24) is 20.2 Å². The molecule has 0 bridgehead atoms. The van der Waals surface area contributed by atoms with Crippen LogP contribution in [0.2, 0.25) is 5.02 Å². The van der Waals surface area contributed by atoms with Gasteiger partial charge in [-0.1, -0.05) is 23.7 Å². The van der Waals surface area contributed by atoms with E-state index in [1.165, 1.54) is 0 Å². The summed E-state index contributed by atoms with van der Waals surface area (Å²) in [5.74, 6) is -0.316.